The Hall–Kier alpha value is -3.33. The van der Waals surface area contributed by atoms with Gasteiger partial charge < -0.3 is 9.73 Å². The predicted molar refractivity (Wildman–Crippen MR) is 99.9 cm³/mol. The first-order valence-corrected chi connectivity index (χ1v) is 8.47. The van der Waals surface area contributed by atoms with Crippen molar-refractivity contribution in [2.24, 2.45) is 0 Å². The molecule has 0 radical (unpaired) electrons. The monoisotopic (exact) mass is 424 g/mol. The summed E-state index contributed by atoms with van der Waals surface area (Å²) in [6, 6.07) is 9.88. The highest BCUT2D eigenvalue weighted by Crippen LogP contribution is 2.37. The standard InChI is InChI=1S/C19H12ClF3N2O4/c1-10-8-12(25(27)28)3-5-15(10)24-18(26)17-7-6-16(29-17)11-2-4-14(20)13(9-11)19(21,22)23/h2-9H,1H3,(H,24,26). The highest BCUT2D eigenvalue weighted by Gasteiger charge is 2.33. The summed E-state index contributed by atoms with van der Waals surface area (Å²) in [5, 5.41) is 12.9. The summed E-state index contributed by atoms with van der Waals surface area (Å²) in [6.07, 6.45) is -4.63. The lowest BCUT2D eigenvalue weighted by atomic mass is 10.1. The van der Waals surface area contributed by atoms with Gasteiger partial charge in [0.15, 0.2) is 5.76 Å². The molecular formula is C19H12ClF3N2O4. The maximum absolute atomic E-state index is 13.0. The number of anilines is 1. The van der Waals surface area contributed by atoms with Gasteiger partial charge in [0.25, 0.3) is 11.6 Å². The number of nitrogens with one attached hydrogen (secondary N) is 1. The molecule has 0 aliphatic rings. The van der Waals surface area contributed by atoms with Crippen molar-refractivity contribution in [1.82, 2.24) is 0 Å². The third-order valence-corrected chi connectivity index (χ3v) is 4.38. The molecule has 10 heteroatoms. The normalized spacial score (nSPS) is 11.3. The van der Waals surface area contributed by atoms with Crippen LogP contribution in [0.4, 0.5) is 24.5 Å². The van der Waals surface area contributed by atoms with Crippen LogP contribution in [0, 0.1) is 17.0 Å². The topological polar surface area (TPSA) is 85.4 Å². The molecular weight excluding hydrogens is 413 g/mol. The van der Waals surface area contributed by atoms with Crippen LogP contribution < -0.4 is 5.32 Å². The first-order valence-electron chi connectivity index (χ1n) is 8.09. The van der Waals surface area contributed by atoms with E-state index in [0.717, 1.165) is 12.1 Å². The van der Waals surface area contributed by atoms with E-state index in [4.69, 9.17) is 16.0 Å². The Kier molecular flexibility index (Phi) is 5.34. The molecule has 1 aromatic heterocycles. The molecule has 0 atom stereocenters. The molecule has 6 nitrogen and oxygen atoms in total. The smallest absolute Gasteiger partial charge is 0.417 e. The SMILES string of the molecule is Cc1cc([N+](=O)[O-])ccc1NC(=O)c1ccc(-c2ccc(Cl)c(C(F)(F)F)c2)o1. The molecule has 0 bridgehead atoms. The third-order valence-electron chi connectivity index (χ3n) is 4.06. The van der Waals surface area contributed by atoms with E-state index in [0.29, 0.717) is 11.3 Å². The second kappa shape index (κ2) is 7.59. The molecule has 0 spiro atoms. The number of amides is 1. The number of nitro benzene ring substituents is 1. The minimum absolute atomic E-state index is 0.0535. The van der Waals surface area contributed by atoms with Gasteiger partial charge in [-0.2, -0.15) is 13.2 Å². The summed E-state index contributed by atoms with van der Waals surface area (Å²) in [5.74, 6) is -0.739. The Bertz CT molecular complexity index is 1110. The van der Waals surface area contributed by atoms with Crippen LogP contribution in [0.2, 0.25) is 5.02 Å². The number of alkyl halides is 3. The van der Waals surface area contributed by atoms with E-state index in [1.165, 1.54) is 36.4 Å². The summed E-state index contributed by atoms with van der Waals surface area (Å²) in [4.78, 5) is 22.6. The first-order chi connectivity index (χ1) is 13.6. The number of hydrogen-bond acceptors (Lipinski definition) is 4. The molecule has 1 amide bonds. The van der Waals surface area contributed by atoms with Crippen molar-refractivity contribution in [3.05, 3.63) is 80.6 Å². The predicted octanol–water partition coefficient (Wildman–Crippen LogP) is 6.09. The lowest BCUT2D eigenvalue weighted by molar-refractivity contribution is -0.384. The van der Waals surface area contributed by atoms with Crippen LogP contribution in [0.3, 0.4) is 0 Å². The average Bonchev–Trinajstić information content (AvgIpc) is 3.13. The number of nitro groups is 1. The Morgan fingerprint density at radius 1 is 1.14 bits per heavy atom. The Morgan fingerprint density at radius 2 is 1.86 bits per heavy atom. The molecule has 1 N–H and O–H groups in total. The van der Waals surface area contributed by atoms with Crippen LogP contribution in [0.15, 0.2) is 52.9 Å². The van der Waals surface area contributed by atoms with Crippen LogP contribution in [0.1, 0.15) is 21.7 Å². The van der Waals surface area contributed by atoms with Gasteiger partial charge in [0.05, 0.1) is 15.5 Å². The van der Waals surface area contributed by atoms with E-state index in [-0.39, 0.29) is 22.8 Å². The molecule has 0 saturated carbocycles. The summed E-state index contributed by atoms with van der Waals surface area (Å²) in [7, 11) is 0. The minimum atomic E-state index is -4.63. The van der Waals surface area contributed by atoms with Gasteiger partial charge in [-0.05, 0) is 48.9 Å². The van der Waals surface area contributed by atoms with Gasteiger partial charge in [0.2, 0.25) is 0 Å². The van der Waals surface area contributed by atoms with Crippen molar-refractivity contribution >= 4 is 28.9 Å². The van der Waals surface area contributed by atoms with Crippen LogP contribution in [0.5, 0.6) is 0 Å². The number of halogens is 4. The summed E-state index contributed by atoms with van der Waals surface area (Å²) < 4.78 is 44.4. The zero-order valence-corrected chi connectivity index (χ0v) is 15.5. The highest BCUT2D eigenvalue weighted by atomic mass is 35.5. The molecule has 0 saturated heterocycles. The average molecular weight is 425 g/mol. The van der Waals surface area contributed by atoms with Crippen molar-refractivity contribution in [2.75, 3.05) is 5.32 Å². The zero-order chi connectivity index (χ0) is 21.3. The number of hydrogen-bond donors (Lipinski definition) is 1. The fourth-order valence-electron chi connectivity index (χ4n) is 2.60. The van der Waals surface area contributed by atoms with Crippen molar-refractivity contribution < 1.29 is 27.3 Å². The molecule has 3 rings (SSSR count). The molecule has 2 aromatic carbocycles. The fourth-order valence-corrected chi connectivity index (χ4v) is 2.82. The van der Waals surface area contributed by atoms with E-state index < -0.39 is 27.6 Å². The van der Waals surface area contributed by atoms with Gasteiger partial charge >= 0.3 is 6.18 Å². The molecule has 0 aliphatic heterocycles. The molecule has 0 aliphatic carbocycles. The summed E-state index contributed by atoms with van der Waals surface area (Å²) in [5.41, 5.74) is -0.229. The zero-order valence-electron chi connectivity index (χ0n) is 14.7. The van der Waals surface area contributed by atoms with E-state index in [1.54, 1.807) is 6.92 Å². The molecule has 0 fully saturated rings. The lowest BCUT2D eigenvalue weighted by Crippen LogP contribution is -2.11. The number of carbonyl (C=O) groups excluding carboxylic acids is 1. The Labute approximate surface area is 167 Å². The highest BCUT2D eigenvalue weighted by molar-refractivity contribution is 6.31. The second-order valence-electron chi connectivity index (χ2n) is 6.07. The van der Waals surface area contributed by atoms with Gasteiger partial charge in [-0.3, -0.25) is 14.9 Å². The van der Waals surface area contributed by atoms with Crippen molar-refractivity contribution in [2.45, 2.75) is 13.1 Å². The molecule has 29 heavy (non-hydrogen) atoms. The fraction of sp³-hybridized carbons (Fsp3) is 0.105. The van der Waals surface area contributed by atoms with Gasteiger partial charge in [0.1, 0.15) is 5.76 Å². The molecule has 3 aromatic rings. The van der Waals surface area contributed by atoms with Crippen molar-refractivity contribution in [1.29, 1.82) is 0 Å². The number of carbonyl (C=O) groups is 1. The Morgan fingerprint density at radius 3 is 2.48 bits per heavy atom. The van der Waals surface area contributed by atoms with Gasteiger partial charge in [0, 0.05) is 23.4 Å². The Balaban J connectivity index is 1.83. The number of furan rings is 1. The van der Waals surface area contributed by atoms with Crippen LogP contribution in [0.25, 0.3) is 11.3 Å². The maximum atomic E-state index is 13.0. The van der Waals surface area contributed by atoms with E-state index >= 15 is 0 Å². The third kappa shape index (κ3) is 4.40. The van der Waals surface area contributed by atoms with E-state index in [9.17, 15) is 28.1 Å². The number of non-ortho nitro benzene ring substituents is 1. The first kappa shape index (κ1) is 20.4. The lowest BCUT2D eigenvalue weighted by Gasteiger charge is -2.10. The van der Waals surface area contributed by atoms with E-state index in [1.807, 2.05) is 0 Å². The minimum Gasteiger partial charge on any atom is -0.451 e. The van der Waals surface area contributed by atoms with E-state index in [2.05, 4.69) is 5.32 Å². The van der Waals surface area contributed by atoms with Crippen molar-refractivity contribution in [3.63, 3.8) is 0 Å². The molecule has 1 heterocycles. The van der Waals surface area contributed by atoms with Gasteiger partial charge in [-0.1, -0.05) is 11.6 Å². The van der Waals surface area contributed by atoms with Gasteiger partial charge in [-0.25, -0.2) is 0 Å². The number of rotatable bonds is 4. The summed E-state index contributed by atoms with van der Waals surface area (Å²) in [6.45, 7) is 1.59. The van der Waals surface area contributed by atoms with Crippen LogP contribution in [-0.4, -0.2) is 10.8 Å². The quantitative estimate of drug-likeness (QED) is 0.405. The van der Waals surface area contributed by atoms with Gasteiger partial charge in [-0.15, -0.1) is 0 Å². The largest absolute Gasteiger partial charge is 0.451 e. The van der Waals surface area contributed by atoms with Crippen LogP contribution >= 0.6 is 11.6 Å². The van der Waals surface area contributed by atoms with Crippen LogP contribution in [-0.2, 0) is 6.18 Å². The summed E-state index contributed by atoms with van der Waals surface area (Å²) >= 11 is 5.60. The number of aryl methyl sites for hydroxylation is 1. The van der Waals surface area contributed by atoms with Crippen molar-refractivity contribution in [3.8, 4) is 11.3 Å². The molecule has 150 valence electrons. The maximum Gasteiger partial charge on any atom is 0.417 e. The number of nitrogens with zero attached hydrogens (tertiary/aromatic N) is 1. The second-order valence-corrected chi connectivity index (χ2v) is 6.47. The molecule has 0 unspecified atom stereocenters. The number of benzene rings is 2.